The van der Waals surface area contributed by atoms with Crippen LogP contribution in [-0.2, 0) is 14.8 Å². The molecule has 0 saturated carbocycles. The van der Waals surface area contributed by atoms with Crippen molar-refractivity contribution in [1.82, 2.24) is 14.5 Å². The van der Waals surface area contributed by atoms with Crippen molar-refractivity contribution in [3.8, 4) is 11.3 Å². The number of nitrogens with one attached hydrogen (secondary N) is 1. The maximum atomic E-state index is 12.6. The molecular formula is C23H23N3O5S. The molecule has 1 aliphatic rings. The van der Waals surface area contributed by atoms with Crippen molar-refractivity contribution in [3.63, 3.8) is 0 Å². The molecule has 2 aromatic carbocycles. The lowest BCUT2D eigenvalue weighted by Gasteiger charge is -2.15. The van der Waals surface area contributed by atoms with Gasteiger partial charge >= 0.3 is 5.97 Å². The topological polar surface area (TPSA) is 109 Å². The second-order valence-corrected chi connectivity index (χ2v) is 9.61. The number of carbonyl (C=O) groups excluding carboxylic acids is 2. The van der Waals surface area contributed by atoms with Crippen LogP contribution in [0.1, 0.15) is 39.3 Å². The molecule has 0 spiro atoms. The number of hydrogen-bond donors (Lipinski definition) is 1. The maximum Gasteiger partial charge on any atom is 0.356 e. The molecule has 4 rings (SSSR count). The summed E-state index contributed by atoms with van der Waals surface area (Å²) in [5, 5.41) is 6.74. The molecule has 2 heterocycles. The number of esters is 1. The molecule has 0 atom stereocenters. The van der Waals surface area contributed by atoms with Gasteiger partial charge in [0.25, 0.3) is 0 Å². The van der Waals surface area contributed by atoms with E-state index in [4.69, 9.17) is 4.74 Å². The summed E-state index contributed by atoms with van der Waals surface area (Å²) in [6, 6.07) is 14.9. The van der Waals surface area contributed by atoms with Crippen LogP contribution < -0.4 is 0 Å². The van der Waals surface area contributed by atoms with E-state index in [0.717, 1.165) is 24.0 Å². The molecule has 1 fully saturated rings. The van der Waals surface area contributed by atoms with Crippen LogP contribution in [-0.4, -0.2) is 54.4 Å². The molecule has 1 N–H and O–H groups in total. The Balaban J connectivity index is 1.36. The van der Waals surface area contributed by atoms with Gasteiger partial charge in [0.2, 0.25) is 10.0 Å². The molecule has 32 heavy (non-hydrogen) atoms. The molecule has 0 bridgehead atoms. The first-order valence-corrected chi connectivity index (χ1v) is 11.7. The summed E-state index contributed by atoms with van der Waals surface area (Å²) >= 11 is 0. The molecule has 3 aromatic rings. The minimum absolute atomic E-state index is 0.139. The second kappa shape index (κ2) is 9.05. The van der Waals surface area contributed by atoms with Crippen molar-refractivity contribution in [1.29, 1.82) is 0 Å². The zero-order valence-electron chi connectivity index (χ0n) is 17.6. The zero-order valence-corrected chi connectivity index (χ0v) is 18.4. The highest BCUT2D eigenvalue weighted by Gasteiger charge is 2.27. The summed E-state index contributed by atoms with van der Waals surface area (Å²) < 4.78 is 31.7. The zero-order chi connectivity index (χ0) is 22.7. The monoisotopic (exact) mass is 453 g/mol. The fourth-order valence-electron chi connectivity index (χ4n) is 3.48. The number of aromatic nitrogens is 2. The average molecular weight is 454 g/mol. The molecule has 1 aromatic heterocycles. The Hall–Kier alpha value is -3.30. The molecule has 0 radical (unpaired) electrons. The van der Waals surface area contributed by atoms with Gasteiger partial charge in [0.15, 0.2) is 12.4 Å². The van der Waals surface area contributed by atoms with Crippen LogP contribution in [0.2, 0.25) is 0 Å². The average Bonchev–Trinajstić information content (AvgIpc) is 3.51. The van der Waals surface area contributed by atoms with Crippen LogP contribution in [0.4, 0.5) is 0 Å². The van der Waals surface area contributed by atoms with Gasteiger partial charge in [0, 0.05) is 24.2 Å². The van der Waals surface area contributed by atoms with Crippen molar-refractivity contribution in [3.05, 3.63) is 71.4 Å². The van der Waals surface area contributed by atoms with E-state index < -0.39 is 28.4 Å². The van der Waals surface area contributed by atoms with Gasteiger partial charge in [-0.3, -0.25) is 9.89 Å². The third-order valence-corrected chi connectivity index (χ3v) is 7.27. The van der Waals surface area contributed by atoms with Gasteiger partial charge in [-0.15, -0.1) is 0 Å². The molecule has 1 aliphatic heterocycles. The number of ether oxygens (including phenoxy) is 1. The number of ketones is 1. The van der Waals surface area contributed by atoms with Gasteiger partial charge < -0.3 is 4.74 Å². The largest absolute Gasteiger partial charge is 0.453 e. The van der Waals surface area contributed by atoms with E-state index in [1.807, 2.05) is 31.2 Å². The van der Waals surface area contributed by atoms with E-state index in [2.05, 4.69) is 10.2 Å². The molecule has 0 unspecified atom stereocenters. The van der Waals surface area contributed by atoms with Gasteiger partial charge in [-0.1, -0.05) is 29.8 Å². The Morgan fingerprint density at radius 3 is 2.34 bits per heavy atom. The Kier molecular flexibility index (Phi) is 6.20. The summed E-state index contributed by atoms with van der Waals surface area (Å²) in [6.07, 6.45) is 1.70. The van der Waals surface area contributed by atoms with Gasteiger partial charge in [0.1, 0.15) is 5.69 Å². The van der Waals surface area contributed by atoms with E-state index in [9.17, 15) is 18.0 Å². The highest BCUT2D eigenvalue weighted by molar-refractivity contribution is 7.89. The van der Waals surface area contributed by atoms with Crippen LogP contribution in [0, 0.1) is 6.92 Å². The second-order valence-electron chi connectivity index (χ2n) is 7.67. The Labute approximate surface area is 186 Å². The quantitative estimate of drug-likeness (QED) is 0.435. The van der Waals surface area contributed by atoms with Gasteiger partial charge in [0.05, 0.1) is 10.6 Å². The number of carbonyl (C=O) groups is 2. The predicted octanol–water partition coefficient (Wildman–Crippen LogP) is 3.21. The van der Waals surface area contributed by atoms with Gasteiger partial charge in [-0.05, 0) is 50.1 Å². The minimum Gasteiger partial charge on any atom is -0.453 e. The van der Waals surface area contributed by atoms with Gasteiger partial charge in [-0.25, -0.2) is 13.2 Å². The lowest BCUT2D eigenvalue weighted by atomic mass is 10.1. The first-order valence-electron chi connectivity index (χ1n) is 10.3. The van der Waals surface area contributed by atoms with Crippen molar-refractivity contribution in [2.75, 3.05) is 19.7 Å². The third-order valence-electron chi connectivity index (χ3n) is 5.36. The summed E-state index contributed by atoms with van der Waals surface area (Å²) in [4.78, 5) is 24.8. The summed E-state index contributed by atoms with van der Waals surface area (Å²) in [6.45, 7) is 2.54. The smallest absolute Gasteiger partial charge is 0.356 e. The van der Waals surface area contributed by atoms with E-state index in [1.165, 1.54) is 28.6 Å². The number of Topliss-reactive ketones (excluding diaryl/α,β-unsaturated/α-hetero) is 1. The highest BCUT2D eigenvalue weighted by atomic mass is 32.2. The summed E-state index contributed by atoms with van der Waals surface area (Å²) in [5.74, 6) is -1.13. The number of hydrogen-bond acceptors (Lipinski definition) is 6. The van der Waals surface area contributed by atoms with E-state index >= 15 is 0 Å². The van der Waals surface area contributed by atoms with E-state index in [-0.39, 0.29) is 16.2 Å². The Morgan fingerprint density at radius 2 is 1.69 bits per heavy atom. The Bertz CT molecular complexity index is 1230. The predicted molar refractivity (Wildman–Crippen MR) is 118 cm³/mol. The van der Waals surface area contributed by atoms with Gasteiger partial charge in [-0.2, -0.15) is 9.40 Å². The van der Waals surface area contributed by atoms with Crippen LogP contribution >= 0.6 is 0 Å². The van der Waals surface area contributed by atoms with Crippen molar-refractivity contribution >= 4 is 21.8 Å². The number of rotatable bonds is 7. The SMILES string of the molecule is Cc1ccc(-c2cc(C(=O)OCC(=O)c3ccc(S(=O)(=O)N4CCCC4)cc3)[nH]n2)cc1. The number of nitrogens with zero attached hydrogens (tertiary/aromatic N) is 2. The Morgan fingerprint density at radius 1 is 1.03 bits per heavy atom. The number of aromatic amines is 1. The maximum absolute atomic E-state index is 12.6. The fourth-order valence-corrected chi connectivity index (χ4v) is 5.00. The number of sulfonamides is 1. The third kappa shape index (κ3) is 4.63. The lowest BCUT2D eigenvalue weighted by Crippen LogP contribution is -2.27. The van der Waals surface area contributed by atoms with Crippen LogP contribution in [0.25, 0.3) is 11.3 Å². The molecule has 8 nitrogen and oxygen atoms in total. The van der Waals surface area contributed by atoms with Crippen LogP contribution in [0.5, 0.6) is 0 Å². The number of H-pyrrole nitrogens is 1. The standard InChI is InChI=1S/C23H23N3O5S/c1-16-4-6-17(7-5-16)20-14-21(25-24-20)23(28)31-15-22(27)18-8-10-19(11-9-18)32(29,30)26-12-2-3-13-26/h4-11,14H,2-3,12-13,15H2,1H3,(H,24,25). The van der Waals surface area contributed by atoms with E-state index in [0.29, 0.717) is 18.8 Å². The fraction of sp³-hybridized carbons (Fsp3) is 0.261. The first-order chi connectivity index (χ1) is 15.3. The normalized spacial score (nSPS) is 14.4. The molecule has 0 amide bonds. The first kappa shape index (κ1) is 21.9. The molecule has 166 valence electrons. The lowest BCUT2D eigenvalue weighted by molar-refractivity contribution is 0.0469. The molecule has 0 aliphatic carbocycles. The molecule has 1 saturated heterocycles. The van der Waals surface area contributed by atoms with E-state index in [1.54, 1.807) is 6.07 Å². The van der Waals surface area contributed by atoms with Crippen LogP contribution in [0.15, 0.2) is 59.5 Å². The van der Waals surface area contributed by atoms with Crippen molar-refractivity contribution in [2.24, 2.45) is 0 Å². The van der Waals surface area contributed by atoms with Crippen LogP contribution in [0.3, 0.4) is 0 Å². The number of aryl methyl sites for hydroxylation is 1. The summed E-state index contributed by atoms with van der Waals surface area (Å²) in [7, 11) is -3.54. The highest BCUT2D eigenvalue weighted by Crippen LogP contribution is 2.21. The minimum atomic E-state index is -3.54. The number of benzene rings is 2. The van der Waals surface area contributed by atoms with Crippen molar-refractivity contribution in [2.45, 2.75) is 24.7 Å². The molecular weight excluding hydrogens is 430 g/mol. The molecule has 9 heteroatoms. The summed E-state index contributed by atoms with van der Waals surface area (Å²) in [5.41, 5.74) is 2.97. The van der Waals surface area contributed by atoms with Crippen molar-refractivity contribution < 1.29 is 22.7 Å².